The molecule has 1 aliphatic heterocycles. The van der Waals surface area contributed by atoms with Crippen LogP contribution in [0.4, 0.5) is 0 Å². The Kier molecular flexibility index (Phi) is 17.2. The van der Waals surface area contributed by atoms with E-state index in [0.29, 0.717) is 0 Å². The maximum absolute atomic E-state index is 5.66. The topological polar surface area (TPSA) is 12.5 Å². The number of thioether (sulfide) groups is 5. The molecule has 0 spiro atoms. The Morgan fingerprint density at radius 3 is 2.50 bits per heavy atom. The van der Waals surface area contributed by atoms with Crippen molar-refractivity contribution in [3.8, 4) is 0 Å². The Balaban J connectivity index is 1.70. The third-order valence-corrected chi connectivity index (χ3v) is 11.4. The highest BCUT2D eigenvalue weighted by molar-refractivity contribution is 8.79. The average Bonchev–Trinajstić information content (AvgIpc) is 2.49. The van der Waals surface area contributed by atoms with Gasteiger partial charge in [-0.25, -0.2) is 0 Å². The second-order valence-corrected chi connectivity index (χ2v) is 13.0. The van der Waals surface area contributed by atoms with E-state index in [1.807, 2.05) is 80.4 Å². The quantitative estimate of drug-likeness (QED) is 0.188. The molecule has 0 saturated carbocycles. The Morgan fingerprint density at radius 1 is 1.00 bits per heavy atom. The van der Waals surface area contributed by atoms with Crippen molar-refractivity contribution in [1.29, 1.82) is 0 Å². The fourth-order valence-corrected chi connectivity index (χ4v) is 9.68. The van der Waals surface area contributed by atoms with E-state index in [1.54, 1.807) is 0 Å². The van der Waals surface area contributed by atoms with Crippen LogP contribution in [0.3, 0.4) is 0 Å². The number of ether oxygens (including phenoxy) is 1. The molecule has 1 rings (SSSR count). The van der Waals surface area contributed by atoms with Crippen LogP contribution in [0, 0.1) is 0 Å². The predicted molar refractivity (Wildman–Crippen MR) is 114 cm³/mol. The van der Waals surface area contributed by atoms with Crippen LogP contribution >= 0.6 is 93.0 Å². The fraction of sp³-hybridized carbons (Fsp3) is 1.00. The van der Waals surface area contributed by atoms with Crippen molar-refractivity contribution in [2.24, 2.45) is 0 Å². The lowest BCUT2D eigenvalue weighted by Gasteiger charge is -2.25. The van der Waals surface area contributed by atoms with Gasteiger partial charge in [-0.15, -0.1) is 58.8 Å². The Morgan fingerprint density at radius 2 is 1.75 bits per heavy atom. The van der Waals surface area contributed by atoms with Gasteiger partial charge in [-0.2, -0.15) is 12.6 Å². The monoisotopic (exact) mass is 427 g/mol. The number of hydrogen-bond acceptors (Lipinski definition) is 10. The zero-order valence-electron chi connectivity index (χ0n) is 11.2. The van der Waals surface area contributed by atoms with Crippen molar-refractivity contribution in [2.45, 2.75) is 0 Å². The Bertz CT molecular complexity index is 208. The minimum Gasteiger partial charge on any atom is -0.369 e. The summed E-state index contributed by atoms with van der Waals surface area (Å²) in [6, 6.07) is 0. The van der Waals surface area contributed by atoms with E-state index in [4.69, 9.17) is 4.74 Å². The summed E-state index contributed by atoms with van der Waals surface area (Å²) >= 11 is 13.9. The van der Waals surface area contributed by atoms with Gasteiger partial charge < -0.3 is 4.74 Å². The molecule has 0 aromatic heterocycles. The Hall–Kier alpha value is 2.72. The summed E-state index contributed by atoms with van der Waals surface area (Å²) in [5.74, 6) is 3.16. The first-order valence-corrected chi connectivity index (χ1v) is 14.9. The lowest BCUT2D eigenvalue weighted by molar-refractivity contribution is 0.155. The first kappa shape index (κ1) is 20.8. The van der Waals surface area contributed by atoms with Crippen LogP contribution in [-0.4, -0.2) is 61.2 Å². The smallest absolute Gasteiger partial charge is 0.0930 e. The van der Waals surface area contributed by atoms with E-state index in [9.17, 15) is 0 Å². The second-order valence-electron chi connectivity index (χ2n) is 3.54. The third-order valence-electron chi connectivity index (χ3n) is 2.04. The highest BCUT2D eigenvalue weighted by atomic mass is 33.1. The minimum absolute atomic E-state index is 0.824. The van der Waals surface area contributed by atoms with Gasteiger partial charge in [-0.05, 0) is 0 Å². The van der Waals surface area contributed by atoms with Crippen LogP contribution in [0.15, 0.2) is 0 Å². The molecule has 1 heterocycles. The van der Waals surface area contributed by atoms with Crippen LogP contribution in [-0.2, 0) is 4.74 Å². The summed E-state index contributed by atoms with van der Waals surface area (Å²) < 4.78 is 5.66. The van der Waals surface area contributed by atoms with Crippen LogP contribution < -0.4 is 0 Å². The predicted octanol–water partition coefficient (Wildman–Crippen LogP) is 4.96. The maximum Gasteiger partial charge on any atom is 0.0930 e. The molecule has 0 amide bonds. The first-order chi connectivity index (χ1) is 9.93. The highest BCUT2D eigenvalue weighted by Crippen LogP contribution is 2.30. The molecule has 1 aliphatic rings. The van der Waals surface area contributed by atoms with Gasteiger partial charge in [0, 0.05) is 33.6 Å². The van der Waals surface area contributed by atoms with Crippen LogP contribution in [0.1, 0.15) is 0 Å². The molecule has 10 heteroatoms. The molecule has 0 aromatic rings. The van der Waals surface area contributed by atoms with Gasteiger partial charge in [0.05, 0.1) is 22.7 Å². The summed E-state index contributed by atoms with van der Waals surface area (Å²) in [7, 11) is 3.87. The number of rotatable bonds is 13. The molecule has 0 atom stereocenters. The first-order valence-electron chi connectivity index (χ1n) is 5.97. The molecular weight excluding hydrogens is 407 g/mol. The van der Waals surface area contributed by atoms with Crippen molar-refractivity contribution in [2.75, 3.05) is 56.3 Å². The molecule has 20 heavy (non-hydrogen) atoms. The zero-order valence-corrected chi connectivity index (χ0v) is 17.8. The molecule has 1 fully saturated rings. The van der Waals surface area contributed by atoms with Crippen LogP contribution in [0.2, 0.25) is 0 Å². The van der Waals surface area contributed by atoms with E-state index in [-0.39, 0.29) is 0 Å². The molecule has 0 radical (unpaired) electrons. The second kappa shape index (κ2) is 16.6. The molecule has 0 aromatic carbocycles. The number of nitrogens with zero attached hydrogens (tertiary/aromatic N) is 1. The lowest BCUT2D eigenvalue weighted by Crippen LogP contribution is -2.29. The molecule has 1 saturated heterocycles. The summed E-state index contributed by atoms with van der Waals surface area (Å²) in [6.07, 6.45) is 0. The van der Waals surface area contributed by atoms with Gasteiger partial charge in [-0.1, -0.05) is 21.6 Å². The van der Waals surface area contributed by atoms with Crippen molar-refractivity contribution >= 4 is 93.0 Å². The standard InChI is InChI=1S/C10H21NOS8/c13-6-17-8-18-10-20-19-9-16-5-12-2-1-11-3-14-7-15-4-11/h13H,1-10H2. The third kappa shape index (κ3) is 13.2. The van der Waals surface area contributed by atoms with Crippen LogP contribution in [0.5, 0.6) is 0 Å². The molecule has 0 unspecified atom stereocenters. The Labute approximate surface area is 157 Å². The molecular formula is C10H21NOS8. The normalized spacial score (nSPS) is 16.6. The van der Waals surface area contributed by atoms with Crippen LogP contribution in [0.25, 0.3) is 0 Å². The van der Waals surface area contributed by atoms with Gasteiger partial charge in [0.15, 0.2) is 0 Å². The molecule has 0 bridgehead atoms. The molecule has 0 aliphatic carbocycles. The summed E-state index contributed by atoms with van der Waals surface area (Å²) in [5, 5.41) is 5.60. The highest BCUT2D eigenvalue weighted by Gasteiger charge is 2.09. The van der Waals surface area contributed by atoms with Crippen molar-refractivity contribution in [3.05, 3.63) is 0 Å². The largest absolute Gasteiger partial charge is 0.369 e. The number of thiol groups is 1. The van der Waals surface area contributed by atoms with E-state index in [0.717, 1.165) is 39.4 Å². The maximum atomic E-state index is 5.66. The van der Waals surface area contributed by atoms with Crippen molar-refractivity contribution in [1.82, 2.24) is 4.90 Å². The minimum atomic E-state index is 0.824. The van der Waals surface area contributed by atoms with Gasteiger partial charge >= 0.3 is 0 Å². The van der Waals surface area contributed by atoms with Gasteiger partial charge in [-0.3, -0.25) is 4.90 Å². The van der Waals surface area contributed by atoms with Gasteiger partial charge in [0.2, 0.25) is 0 Å². The average molecular weight is 428 g/mol. The van der Waals surface area contributed by atoms with Crippen molar-refractivity contribution in [3.63, 3.8) is 0 Å². The molecule has 2 nitrogen and oxygen atoms in total. The fourth-order valence-electron chi connectivity index (χ4n) is 1.17. The van der Waals surface area contributed by atoms with Gasteiger partial charge in [0.1, 0.15) is 0 Å². The van der Waals surface area contributed by atoms with E-state index >= 15 is 0 Å². The van der Waals surface area contributed by atoms with E-state index < -0.39 is 0 Å². The molecule has 0 N–H and O–H groups in total. The van der Waals surface area contributed by atoms with Crippen molar-refractivity contribution < 1.29 is 4.74 Å². The van der Waals surface area contributed by atoms with Gasteiger partial charge in [0.25, 0.3) is 0 Å². The SMILES string of the molecule is SCSCSCSSCSCOCCN1CSCSC1. The lowest BCUT2D eigenvalue weighted by atomic mass is 10.6. The van der Waals surface area contributed by atoms with E-state index in [1.165, 1.54) is 16.8 Å². The zero-order chi connectivity index (χ0) is 14.3. The summed E-state index contributed by atoms with van der Waals surface area (Å²) in [4.78, 5) is 2.45. The summed E-state index contributed by atoms with van der Waals surface area (Å²) in [5.41, 5.74) is 0. The summed E-state index contributed by atoms with van der Waals surface area (Å²) in [6.45, 7) is 1.94. The number of hydrogen-bond donors (Lipinski definition) is 1. The van der Waals surface area contributed by atoms with E-state index in [2.05, 4.69) is 17.5 Å². The molecule has 120 valence electrons.